The monoisotopic (exact) mass is 285 g/mol. The first-order chi connectivity index (χ1) is 7.59. The molecule has 0 amide bonds. The molecule has 0 aromatic carbocycles. The Bertz CT molecular complexity index is 404. The van der Waals surface area contributed by atoms with Crippen LogP contribution in [0.1, 0.15) is 19.4 Å². The minimum absolute atomic E-state index is 0.0610. The molecule has 1 heterocycles. The second-order valence-electron chi connectivity index (χ2n) is 4.11. The normalized spacial score (nSPS) is 12.9. The SMILES string of the molecule is CC(C)(O)CSc1ncc(C(F)(F)F)cc1Cl. The minimum atomic E-state index is -4.45. The molecule has 7 heteroatoms. The molecule has 0 radical (unpaired) electrons. The van der Waals surface area contributed by atoms with Crippen LogP contribution < -0.4 is 0 Å². The number of thioether (sulfide) groups is 1. The van der Waals surface area contributed by atoms with E-state index < -0.39 is 17.3 Å². The van der Waals surface area contributed by atoms with E-state index in [1.54, 1.807) is 13.8 Å². The number of hydrogen-bond donors (Lipinski definition) is 1. The van der Waals surface area contributed by atoms with E-state index in [0.29, 0.717) is 5.75 Å². The Morgan fingerprint density at radius 1 is 1.41 bits per heavy atom. The van der Waals surface area contributed by atoms with Crippen molar-refractivity contribution >= 4 is 23.4 Å². The quantitative estimate of drug-likeness (QED) is 0.861. The van der Waals surface area contributed by atoms with Gasteiger partial charge in [0.1, 0.15) is 5.03 Å². The predicted molar refractivity (Wildman–Crippen MR) is 61.3 cm³/mol. The van der Waals surface area contributed by atoms with Crippen LogP contribution in [0.25, 0.3) is 0 Å². The molecule has 0 aliphatic carbocycles. The first kappa shape index (κ1) is 14.6. The first-order valence-corrected chi connectivity index (χ1v) is 6.04. The average molecular weight is 286 g/mol. The van der Waals surface area contributed by atoms with Crippen molar-refractivity contribution in [2.45, 2.75) is 30.7 Å². The van der Waals surface area contributed by atoms with Crippen molar-refractivity contribution in [1.29, 1.82) is 0 Å². The Hall–Kier alpha value is -0.460. The van der Waals surface area contributed by atoms with Gasteiger partial charge >= 0.3 is 6.18 Å². The Morgan fingerprint density at radius 2 is 2.00 bits per heavy atom. The molecule has 0 fully saturated rings. The zero-order valence-corrected chi connectivity index (χ0v) is 10.7. The highest BCUT2D eigenvalue weighted by Crippen LogP contribution is 2.34. The number of aromatic nitrogens is 1. The van der Waals surface area contributed by atoms with E-state index in [4.69, 9.17) is 11.6 Å². The topological polar surface area (TPSA) is 33.1 Å². The van der Waals surface area contributed by atoms with Crippen LogP contribution in [-0.4, -0.2) is 21.4 Å². The highest BCUT2D eigenvalue weighted by Gasteiger charge is 2.31. The number of hydrogen-bond acceptors (Lipinski definition) is 3. The van der Waals surface area contributed by atoms with Gasteiger partial charge in [-0.25, -0.2) is 4.98 Å². The molecular formula is C10H11ClF3NOS. The summed E-state index contributed by atoms with van der Waals surface area (Å²) in [5, 5.41) is 9.70. The number of halogens is 4. The third-order valence-electron chi connectivity index (χ3n) is 1.70. The third kappa shape index (κ3) is 4.73. The van der Waals surface area contributed by atoms with E-state index in [-0.39, 0.29) is 10.0 Å². The Kier molecular flexibility index (Phi) is 4.33. The fourth-order valence-corrected chi connectivity index (χ4v) is 2.08. The molecular weight excluding hydrogens is 275 g/mol. The summed E-state index contributed by atoms with van der Waals surface area (Å²) >= 11 is 6.81. The maximum Gasteiger partial charge on any atom is 0.417 e. The summed E-state index contributed by atoms with van der Waals surface area (Å²) in [5.74, 6) is 0.297. The van der Waals surface area contributed by atoms with Crippen LogP contribution in [0.15, 0.2) is 17.3 Å². The zero-order chi connectivity index (χ0) is 13.3. The van der Waals surface area contributed by atoms with E-state index in [1.165, 1.54) is 0 Å². The lowest BCUT2D eigenvalue weighted by Crippen LogP contribution is -2.21. The van der Waals surface area contributed by atoms with Gasteiger partial charge in [0.2, 0.25) is 0 Å². The van der Waals surface area contributed by atoms with Crippen molar-refractivity contribution in [1.82, 2.24) is 4.98 Å². The predicted octanol–water partition coefficient (Wildman–Crippen LogP) is 3.62. The van der Waals surface area contributed by atoms with Crippen LogP contribution in [-0.2, 0) is 6.18 Å². The second kappa shape index (κ2) is 5.04. The highest BCUT2D eigenvalue weighted by molar-refractivity contribution is 7.99. The summed E-state index contributed by atoms with van der Waals surface area (Å²) in [6.07, 6.45) is -3.71. The Balaban J connectivity index is 2.84. The molecule has 1 aromatic heterocycles. The van der Waals surface area contributed by atoms with Crippen molar-refractivity contribution in [2.24, 2.45) is 0 Å². The molecule has 0 aliphatic rings. The van der Waals surface area contributed by atoms with Crippen LogP contribution in [0.5, 0.6) is 0 Å². The molecule has 1 N–H and O–H groups in total. The summed E-state index contributed by atoms with van der Waals surface area (Å²) in [6, 6.07) is 0.835. The molecule has 2 nitrogen and oxygen atoms in total. The number of pyridine rings is 1. The third-order valence-corrected chi connectivity index (χ3v) is 3.55. The fourth-order valence-electron chi connectivity index (χ4n) is 0.932. The lowest BCUT2D eigenvalue weighted by atomic mass is 10.2. The van der Waals surface area contributed by atoms with Crippen LogP contribution >= 0.6 is 23.4 Å². The molecule has 17 heavy (non-hydrogen) atoms. The number of rotatable bonds is 3. The van der Waals surface area contributed by atoms with Gasteiger partial charge in [-0.2, -0.15) is 13.2 Å². The fraction of sp³-hybridized carbons (Fsp3) is 0.500. The van der Waals surface area contributed by atoms with Gasteiger partial charge < -0.3 is 5.11 Å². The molecule has 0 aliphatic heterocycles. The standard InChI is InChI=1S/C10H11ClF3NOS/c1-9(2,16)5-17-8-7(11)3-6(4-15-8)10(12,13)14/h3-4,16H,5H2,1-2H3. The van der Waals surface area contributed by atoms with E-state index in [2.05, 4.69) is 4.98 Å². The molecule has 0 spiro atoms. The molecule has 96 valence electrons. The van der Waals surface area contributed by atoms with Gasteiger partial charge in [-0.05, 0) is 19.9 Å². The van der Waals surface area contributed by atoms with Gasteiger partial charge in [-0.3, -0.25) is 0 Å². The van der Waals surface area contributed by atoms with E-state index in [0.717, 1.165) is 24.0 Å². The number of alkyl halides is 3. The molecule has 1 rings (SSSR count). The molecule has 0 unspecified atom stereocenters. The van der Waals surface area contributed by atoms with Crippen LogP contribution in [0.3, 0.4) is 0 Å². The van der Waals surface area contributed by atoms with Crippen LogP contribution in [0.2, 0.25) is 5.02 Å². The summed E-state index contributed by atoms with van der Waals surface area (Å²) in [5.41, 5.74) is -1.81. The lowest BCUT2D eigenvalue weighted by Gasteiger charge is -2.16. The molecule has 0 atom stereocenters. The van der Waals surface area contributed by atoms with Gasteiger partial charge in [0.25, 0.3) is 0 Å². The number of aliphatic hydroxyl groups is 1. The minimum Gasteiger partial charge on any atom is -0.390 e. The average Bonchev–Trinajstić information content (AvgIpc) is 2.12. The van der Waals surface area contributed by atoms with Crippen LogP contribution in [0.4, 0.5) is 13.2 Å². The van der Waals surface area contributed by atoms with Gasteiger partial charge in [0, 0.05) is 11.9 Å². The molecule has 0 bridgehead atoms. The van der Waals surface area contributed by atoms with E-state index >= 15 is 0 Å². The summed E-state index contributed by atoms with van der Waals surface area (Å²) in [7, 11) is 0. The summed E-state index contributed by atoms with van der Waals surface area (Å²) in [6.45, 7) is 3.19. The van der Waals surface area contributed by atoms with Gasteiger partial charge in [-0.1, -0.05) is 11.6 Å². The summed E-state index contributed by atoms with van der Waals surface area (Å²) in [4.78, 5) is 3.65. The Morgan fingerprint density at radius 3 is 2.41 bits per heavy atom. The Labute approximate surface area is 106 Å². The van der Waals surface area contributed by atoms with Gasteiger partial charge in [-0.15, -0.1) is 11.8 Å². The van der Waals surface area contributed by atoms with Gasteiger partial charge in [0.05, 0.1) is 16.2 Å². The maximum absolute atomic E-state index is 12.3. The van der Waals surface area contributed by atoms with E-state index in [1.807, 2.05) is 0 Å². The molecule has 0 saturated carbocycles. The molecule has 1 aromatic rings. The highest BCUT2D eigenvalue weighted by atomic mass is 35.5. The number of nitrogens with zero attached hydrogens (tertiary/aromatic N) is 1. The maximum atomic E-state index is 12.3. The molecule has 0 saturated heterocycles. The van der Waals surface area contributed by atoms with Gasteiger partial charge in [0.15, 0.2) is 0 Å². The largest absolute Gasteiger partial charge is 0.417 e. The second-order valence-corrected chi connectivity index (χ2v) is 5.48. The smallest absolute Gasteiger partial charge is 0.390 e. The van der Waals surface area contributed by atoms with Crippen molar-refractivity contribution in [2.75, 3.05) is 5.75 Å². The van der Waals surface area contributed by atoms with Crippen molar-refractivity contribution in [3.63, 3.8) is 0 Å². The zero-order valence-electron chi connectivity index (χ0n) is 9.18. The van der Waals surface area contributed by atoms with Crippen molar-refractivity contribution < 1.29 is 18.3 Å². The lowest BCUT2D eigenvalue weighted by molar-refractivity contribution is -0.137. The summed E-state index contributed by atoms with van der Waals surface area (Å²) < 4.78 is 37.0. The van der Waals surface area contributed by atoms with E-state index in [9.17, 15) is 18.3 Å². The van der Waals surface area contributed by atoms with Crippen molar-refractivity contribution in [3.05, 3.63) is 22.8 Å². The van der Waals surface area contributed by atoms with Crippen LogP contribution in [0, 0.1) is 0 Å². The first-order valence-electron chi connectivity index (χ1n) is 4.67. The van der Waals surface area contributed by atoms with Crippen molar-refractivity contribution in [3.8, 4) is 0 Å².